The third kappa shape index (κ3) is 7.22. The van der Waals surface area contributed by atoms with Crippen molar-refractivity contribution in [3.05, 3.63) is 63.0 Å². The van der Waals surface area contributed by atoms with Gasteiger partial charge in [-0.05, 0) is 42.8 Å². The van der Waals surface area contributed by atoms with Crippen LogP contribution in [-0.2, 0) is 9.59 Å². The molecule has 0 aromatic heterocycles. The lowest BCUT2D eigenvalue weighted by Gasteiger charge is -2.14. The number of nitrogens with one attached hydrogen (secondary N) is 2. The summed E-state index contributed by atoms with van der Waals surface area (Å²) < 4.78 is 1.88. The van der Waals surface area contributed by atoms with Crippen LogP contribution < -0.4 is 10.6 Å². The summed E-state index contributed by atoms with van der Waals surface area (Å²) in [6.45, 7) is 1.93. The first kappa shape index (κ1) is 20.0. The smallest absolute Gasteiger partial charge is 0.234 e. The van der Waals surface area contributed by atoms with Gasteiger partial charge in [0.2, 0.25) is 11.8 Å². The SMILES string of the molecule is CC(NC(=O)CSCC(=O)Nc1cccc(Br)c1)c1cccc(Br)c1. The maximum absolute atomic E-state index is 12.0. The maximum Gasteiger partial charge on any atom is 0.234 e. The van der Waals surface area contributed by atoms with E-state index in [0.29, 0.717) is 0 Å². The van der Waals surface area contributed by atoms with E-state index in [4.69, 9.17) is 0 Å². The predicted molar refractivity (Wildman–Crippen MR) is 111 cm³/mol. The Hall–Kier alpha value is -1.31. The number of hydrogen-bond acceptors (Lipinski definition) is 3. The monoisotopic (exact) mass is 484 g/mol. The zero-order valence-corrected chi connectivity index (χ0v) is 17.6. The fourth-order valence-electron chi connectivity index (χ4n) is 2.14. The molecule has 0 saturated carbocycles. The predicted octanol–water partition coefficient (Wildman–Crippen LogP) is 4.76. The highest BCUT2D eigenvalue weighted by Gasteiger charge is 2.11. The first-order valence-electron chi connectivity index (χ1n) is 7.62. The highest BCUT2D eigenvalue weighted by molar-refractivity contribution is 9.10. The molecule has 1 unspecified atom stereocenters. The molecule has 2 aromatic rings. The summed E-state index contributed by atoms with van der Waals surface area (Å²) in [5.74, 6) is 0.249. The second-order valence-corrected chi connectivity index (χ2v) is 8.21. The van der Waals surface area contributed by atoms with Crippen molar-refractivity contribution in [1.29, 1.82) is 0 Å². The third-order valence-electron chi connectivity index (χ3n) is 3.30. The van der Waals surface area contributed by atoms with Crippen molar-refractivity contribution in [2.45, 2.75) is 13.0 Å². The summed E-state index contributed by atoms with van der Waals surface area (Å²) in [6, 6.07) is 15.1. The Balaban J connectivity index is 1.72. The molecule has 0 bridgehead atoms. The van der Waals surface area contributed by atoms with Crippen molar-refractivity contribution in [2.75, 3.05) is 16.8 Å². The number of rotatable bonds is 7. The van der Waals surface area contributed by atoms with Crippen molar-refractivity contribution in [2.24, 2.45) is 0 Å². The van der Waals surface area contributed by atoms with Gasteiger partial charge in [-0.2, -0.15) is 0 Å². The van der Waals surface area contributed by atoms with Gasteiger partial charge in [0, 0.05) is 14.6 Å². The van der Waals surface area contributed by atoms with E-state index in [1.165, 1.54) is 11.8 Å². The average molecular weight is 486 g/mol. The van der Waals surface area contributed by atoms with E-state index < -0.39 is 0 Å². The molecule has 0 fully saturated rings. The second kappa shape index (κ2) is 9.99. The average Bonchev–Trinajstić information content (AvgIpc) is 2.54. The molecule has 2 N–H and O–H groups in total. The van der Waals surface area contributed by atoms with Crippen LogP contribution in [0.25, 0.3) is 0 Å². The van der Waals surface area contributed by atoms with Crippen LogP contribution in [0.1, 0.15) is 18.5 Å². The number of benzene rings is 2. The van der Waals surface area contributed by atoms with E-state index in [1.54, 1.807) is 0 Å². The molecule has 25 heavy (non-hydrogen) atoms. The normalized spacial score (nSPS) is 11.6. The summed E-state index contributed by atoms with van der Waals surface area (Å²) in [5, 5.41) is 5.74. The third-order valence-corrected chi connectivity index (χ3v) is 5.22. The van der Waals surface area contributed by atoms with Crippen molar-refractivity contribution in [3.63, 3.8) is 0 Å². The Morgan fingerprint density at radius 3 is 2.32 bits per heavy atom. The molecule has 1 atom stereocenters. The Bertz CT molecular complexity index is 755. The van der Waals surface area contributed by atoms with Gasteiger partial charge >= 0.3 is 0 Å². The van der Waals surface area contributed by atoms with Crippen molar-refractivity contribution < 1.29 is 9.59 Å². The summed E-state index contributed by atoms with van der Waals surface area (Å²) in [5.41, 5.74) is 1.76. The number of anilines is 1. The number of hydrogen-bond donors (Lipinski definition) is 2. The van der Waals surface area contributed by atoms with Crippen LogP contribution in [0.3, 0.4) is 0 Å². The summed E-state index contributed by atoms with van der Waals surface area (Å²) in [4.78, 5) is 23.9. The molecule has 0 radical (unpaired) electrons. The molecule has 0 aliphatic rings. The van der Waals surface area contributed by atoms with Crippen LogP contribution in [0, 0.1) is 0 Å². The minimum atomic E-state index is -0.129. The highest BCUT2D eigenvalue weighted by atomic mass is 79.9. The summed E-state index contributed by atoms with van der Waals surface area (Å²) in [7, 11) is 0. The maximum atomic E-state index is 12.0. The molecule has 0 aliphatic heterocycles. The summed E-state index contributed by atoms with van der Waals surface area (Å²) >= 11 is 8.07. The van der Waals surface area contributed by atoms with Crippen LogP contribution >= 0.6 is 43.6 Å². The quantitative estimate of drug-likeness (QED) is 0.594. The van der Waals surface area contributed by atoms with Crippen molar-refractivity contribution in [1.82, 2.24) is 5.32 Å². The lowest BCUT2D eigenvalue weighted by molar-refractivity contribution is -0.119. The molecular weight excluding hydrogens is 468 g/mol. The van der Waals surface area contributed by atoms with Gasteiger partial charge in [0.05, 0.1) is 17.5 Å². The van der Waals surface area contributed by atoms with Gasteiger partial charge in [0.15, 0.2) is 0 Å². The lowest BCUT2D eigenvalue weighted by Crippen LogP contribution is -2.28. The Kier molecular flexibility index (Phi) is 7.99. The second-order valence-electron chi connectivity index (χ2n) is 5.40. The van der Waals surface area contributed by atoms with E-state index in [1.807, 2.05) is 55.5 Å². The van der Waals surface area contributed by atoms with Gasteiger partial charge in [0.25, 0.3) is 0 Å². The van der Waals surface area contributed by atoms with Gasteiger partial charge in [-0.15, -0.1) is 11.8 Å². The zero-order chi connectivity index (χ0) is 18.2. The number of halogens is 2. The molecular formula is C18H18Br2N2O2S. The van der Waals surface area contributed by atoms with Crippen LogP contribution in [0.15, 0.2) is 57.5 Å². The molecule has 4 nitrogen and oxygen atoms in total. The van der Waals surface area contributed by atoms with Crippen molar-refractivity contribution in [3.8, 4) is 0 Å². The molecule has 0 aliphatic carbocycles. The summed E-state index contributed by atoms with van der Waals surface area (Å²) in [6.07, 6.45) is 0. The lowest BCUT2D eigenvalue weighted by atomic mass is 10.1. The van der Waals surface area contributed by atoms with Gasteiger partial charge in [-0.3, -0.25) is 9.59 Å². The van der Waals surface area contributed by atoms with Crippen LogP contribution in [0.5, 0.6) is 0 Å². The molecule has 2 aromatic carbocycles. The minimum absolute atomic E-state index is 0.0823. The van der Waals surface area contributed by atoms with E-state index in [9.17, 15) is 9.59 Å². The van der Waals surface area contributed by atoms with E-state index in [2.05, 4.69) is 42.5 Å². The first-order chi connectivity index (χ1) is 11.9. The molecule has 2 amide bonds. The standard InChI is InChI=1S/C18H18Br2N2O2S/c1-12(13-4-2-5-14(19)8-13)21-17(23)10-25-11-18(24)22-16-7-3-6-15(20)9-16/h2-9,12H,10-11H2,1H3,(H,21,23)(H,22,24). The minimum Gasteiger partial charge on any atom is -0.349 e. The van der Waals surface area contributed by atoms with Gasteiger partial charge in [-0.1, -0.05) is 50.1 Å². The Morgan fingerprint density at radius 1 is 1.00 bits per heavy atom. The number of carbonyl (C=O) groups excluding carboxylic acids is 2. The number of amides is 2. The fourth-order valence-corrected chi connectivity index (χ4v) is 3.59. The van der Waals surface area contributed by atoms with Crippen LogP contribution in [-0.4, -0.2) is 23.3 Å². The van der Waals surface area contributed by atoms with Gasteiger partial charge in [-0.25, -0.2) is 0 Å². The Labute approximate surface area is 168 Å². The number of thioether (sulfide) groups is 1. The van der Waals surface area contributed by atoms with E-state index >= 15 is 0 Å². The molecule has 0 heterocycles. The topological polar surface area (TPSA) is 58.2 Å². The largest absolute Gasteiger partial charge is 0.349 e. The first-order valence-corrected chi connectivity index (χ1v) is 10.4. The van der Waals surface area contributed by atoms with Crippen LogP contribution in [0.4, 0.5) is 5.69 Å². The van der Waals surface area contributed by atoms with E-state index in [-0.39, 0.29) is 29.4 Å². The number of carbonyl (C=O) groups is 2. The zero-order valence-electron chi connectivity index (χ0n) is 13.6. The van der Waals surface area contributed by atoms with Crippen LogP contribution in [0.2, 0.25) is 0 Å². The molecule has 7 heteroatoms. The van der Waals surface area contributed by atoms with Gasteiger partial charge < -0.3 is 10.6 Å². The molecule has 2 rings (SSSR count). The molecule has 0 spiro atoms. The fraction of sp³-hybridized carbons (Fsp3) is 0.222. The van der Waals surface area contributed by atoms with E-state index in [0.717, 1.165) is 20.2 Å². The Morgan fingerprint density at radius 2 is 1.64 bits per heavy atom. The van der Waals surface area contributed by atoms with Crippen molar-refractivity contribution >= 4 is 61.1 Å². The highest BCUT2D eigenvalue weighted by Crippen LogP contribution is 2.18. The molecule has 132 valence electrons. The molecule has 0 saturated heterocycles. The van der Waals surface area contributed by atoms with Gasteiger partial charge in [0.1, 0.15) is 0 Å².